The second-order valence-corrected chi connectivity index (χ2v) is 9.58. The van der Waals surface area contributed by atoms with Crippen LogP contribution in [-0.2, 0) is 22.6 Å². The normalized spacial score (nSPS) is 12.4. The van der Waals surface area contributed by atoms with E-state index in [1.807, 2.05) is 70.2 Å². The number of halogens is 1. The average Bonchev–Trinajstić information content (AvgIpc) is 2.60. The molecule has 1 unspecified atom stereocenters. The molecule has 2 aromatic rings. The molecule has 5 heteroatoms. The summed E-state index contributed by atoms with van der Waals surface area (Å²) in [6.45, 7) is 12.1. The van der Waals surface area contributed by atoms with Gasteiger partial charge in [0.15, 0.2) is 0 Å². The largest absolute Gasteiger partial charge is 0.350 e. The van der Waals surface area contributed by atoms with Crippen LogP contribution < -0.4 is 5.32 Å². The lowest BCUT2D eigenvalue weighted by atomic mass is 10.0. The van der Waals surface area contributed by atoms with Crippen molar-refractivity contribution in [3.05, 3.63) is 69.2 Å². The second-order valence-electron chi connectivity index (χ2n) is 8.66. The van der Waals surface area contributed by atoms with E-state index >= 15 is 0 Å². The van der Waals surface area contributed by atoms with Crippen LogP contribution in [0.5, 0.6) is 0 Å². The standard InChI is InChI=1S/C24H31BrN2O2/c1-16-10-11-19(12-17(16)2)14-22(28)27(15-20-8-7-9-21(25)13-20)18(3)23(29)26-24(4,5)6/h7-13,18H,14-15H2,1-6H3,(H,26,29). The van der Waals surface area contributed by atoms with E-state index in [-0.39, 0.29) is 23.8 Å². The van der Waals surface area contributed by atoms with Gasteiger partial charge in [0.05, 0.1) is 6.42 Å². The van der Waals surface area contributed by atoms with Crippen LogP contribution in [0.1, 0.15) is 49.9 Å². The molecule has 2 rings (SSSR count). The van der Waals surface area contributed by atoms with Crippen molar-refractivity contribution in [1.29, 1.82) is 0 Å². The maximum atomic E-state index is 13.2. The van der Waals surface area contributed by atoms with Gasteiger partial charge in [-0.3, -0.25) is 9.59 Å². The first-order valence-electron chi connectivity index (χ1n) is 9.88. The summed E-state index contributed by atoms with van der Waals surface area (Å²) in [5.74, 6) is -0.217. The number of benzene rings is 2. The van der Waals surface area contributed by atoms with Crippen molar-refractivity contribution in [1.82, 2.24) is 10.2 Å². The van der Waals surface area contributed by atoms with Gasteiger partial charge in [-0.2, -0.15) is 0 Å². The number of hydrogen-bond acceptors (Lipinski definition) is 2. The van der Waals surface area contributed by atoms with Gasteiger partial charge in [0.25, 0.3) is 0 Å². The van der Waals surface area contributed by atoms with Crippen LogP contribution in [0.15, 0.2) is 46.9 Å². The molecule has 2 amide bonds. The van der Waals surface area contributed by atoms with Crippen LogP contribution in [0.4, 0.5) is 0 Å². The van der Waals surface area contributed by atoms with Gasteiger partial charge in [-0.1, -0.05) is 46.3 Å². The number of hydrogen-bond donors (Lipinski definition) is 1. The van der Waals surface area contributed by atoms with E-state index in [1.54, 1.807) is 11.8 Å². The fraction of sp³-hybridized carbons (Fsp3) is 0.417. The molecule has 0 fully saturated rings. The van der Waals surface area contributed by atoms with Crippen LogP contribution in [0.25, 0.3) is 0 Å². The average molecular weight is 459 g/mol. The van der Waals surface area contributed by atoms with Gasteiger partial charge in [0.2, 0.25) is 11.8 Å². The molecule has 0 saturated carbocycles. The maximum absolute atomic E-state index is 13.2. The fourth-order valence-corrected chi connectivity index (χ4v) is 3.52. The van der Waals surface area contributed by atoms with Crippen molar-refractivity contribution in [3.63, 3.8) is 0 Å². The topological polar surface area (TPSA) is 49.4 Å². The molecule has 1 N–H and O–H groups in total. The Kier molecular flexibility index (Phi) is 7.64. The molecule has 0 aliphatic rings. The monoisotopic (exact) mass is 458 g/mol. The zero-order valence-electron chi connectivity index (χ0n) is 18.2. The molecule has 1 atom stereocenters. The fourth-order valence-electron chi connectivity index (χ4n) is 3.08. The number of amides is 2. The number of carbonyl (C=O) groups excluding carboxylic acids is 2. The molecule has 0 heterocycles. The van der Waals surface area contributed by atoms with Gasteiger partial charge in [-0.25, -0.2) is 0 Å². The molecule has 0 spiro atoms. The van der Waals surface area contributed by atoms with E-state index in [0.29, 0.717) is 6.54 Å². The molecule has 29 heavy (non-hydrogen) atoms. The third kappa shape index (κ3) is 7.00. The van der Waals surface area contributed by atoms with Gasteiger partial charge in [0, 0.05) is 16.6 Å². The third-order valence-electron chi connectivity index (χ3n) is 4.83. The van der Waals surface area contributed by atoms with E-state index in [4.69, 9.17) is 0 Å². The van der Waals surface area contributed by atoms with E-state index < -0.39 is 6.04 Å². The lowest BCUT2D eigenvalue weighted by molar-refractivity contribution is -0.140. The van der Waals surface area contributed by atoms with Crippen molar-refractivity contribution in [2.24, 2.45) is 0 Å². The Balaban J connectivity index is 2.27. The molecule has 2 aromatic carbocycles. The lowest BCUT2D eigenvalue weighted by Gasteiger charge is -2.31. The van der Waals surface area contributed by atoms with Gasteiger partial charge < -0.3 is 10.2 Å². The summed E-state index contributed by atoms with van der Waals surface area (Å²) in [5, 5.41) is 2.99. The summed E-state index contributed by atoms with van der Waals surface area (Å²) < 4.78 is 0.948. The predicted molar refractivity (Wildman–Crippen MR) is 122 cm³/mol. The minimum Gasteiger partial charge on any atom is -0.350 e. The molecule has 0 aromatic heterocycles. The zero-order chi connectivity index (χ0) is 21.8. The zero-order valence-corrected chi connectivity index (χ0v) is 19.8. The first-order chi connectivity index (χ1) is 13.5. The highest BCUT2D eigenvalue weighted by atomic mass is 79.9. The van der Waals surface area contributed by atoms with Crippen molar-refractivity contribution < 1.29 is 9.59 Å². The first-order valence-corrected chi connectivity index (χ1v) is 10.7. The van der Waals surface area contributed by atoms with E-state index in [2.05, 4.69) is 28.2 Å². The Morgan fingerprint density at radius 3 is 2.31 bits per heavy atom. The molecular weight excluding hydrogens is 428 g/mol. The van der Waals surface area contributed by atoms with Crippen molar-refractivity contribution in [2.75, 3.05) is 0 Å². The van der Waals surface area contributed by atoms with Gasteiger partial charge in [-0.05, 0) is 75.9 Å². The predicted octanol–water partition coefficient (Wildman–Crippen LogP) is 4.94. The summed E-state index contributed by atoms with van der Waals surface area (Å²) in [4.78, 5) is 27.7. The van der Waals surface area contributed by atoms with E-state index in [1.165, 1.54) is 5.56 Å². The Hall–Kier alpha value is -2.14. The number of nitrogens with one attached hydrogen (secondary N) is 1. The van der Waals surface area contributed by atoms with Crippen LogP contribution in [-0.4, -0.2) is 28.3 Å². The van der Waals surface area contributed by atoms with E-state index in [9.17, 15) is 9.59 Å². The Morgan fingerprint density at radius 2 is 1.72 bits per heavy atom. The van der Waals surface area contributed by atoms with Crippen molar-refractivity contribution >= 4 is 27.7 Å². The summed E-state index contributed by atoms with van der Waals surface area (Å²) in [7, 11) is 0. The molecule has 4 nitrogen and oxygen atoms in total. The first kappa shape index (κ1) is 23.1. The molecule has 0 aliphatic heterocycles. The Labute approximate surface area is 182 Å². The number of aryl methyl sites for hydroxylation is 2. The van der Waals surface area contributed by atoms with Crippen LogP contribution >= 0.6 is 15.9 Å². The highest BCUT2D eigenvalue weighted by Crippen LogP contribution is 2.18. The summed E-state index contributed by atoms with van der Waals surface area (Å²) >= 11 is 3.48. The van der Waals surface area contributed by atoms with Crippen LogP contribution in [0.3, 0.4) is 0 Å². The summed E-state index contributed by atoms with van der Waals surface area (Å²) in [6.07, 6.45) is 0.266. The Morgan fingerprint density at radius 1 is 1.03 bits per heavy atom. The Bertz CT molecular complexity index is 887. The molecule has 156 valence electrons. The second kappa shape index (κ2) is 9.57. The molecular formula is C24H31BrN2O2. The molecule has 0 aliphatic carbocycles. The van der Waals surface area contributed by atoms with Gasteiger partial charge in [0.1, 0.15) is 6.04 Å². The van der Waals surface area contributed by atoms with Crippen LogP contribution in [0.2, 0.25) is 0 Å². The number of rotatable bonds is 6. The van der Waals surface area contributed by atoms with Crippen molar-refractivity contribution in [3.8, 4) is 0 Å². The SMILES string of the molecule is Cc1ccc(CC(=O)N(Cc2cccc(Br)c2)C(C)C(=O)NC(C)(C)C)cc1C. The highest BCUT2D eigenvalue weighted by molar-refractivity contribution is 9.10. The number of nitrogens with zero attached hydrogens (tertiary/aromatic N) is 1. The van der Waals surface area contributed by atoms with Gasteiger partial charge >= 0.3 is 0 Å². The summed E-state index contributed by atoms with van der Waals surface area (Å²) in [5.41, 5.74) is 3.94. The third-order valence-corrected chi connectivity index (χ3v) is 5.33. The van der Waals surface area contributed by atoms with Gasteiger partial charge in [-0.15, -0.1) is 0 Å². The number of carbonyl (C=O) groups is 2. The highest BCUT2D eigenvalue weighted by Gasteiger charge is 2.28. The van der Waals surface area contributed by atoms with Crippen LogP contribution in [0, 0.1) is 13.8 Å². The minimum atomic E-state index is -0.577. The quantitative estimate of drug-likeness (QED) is 0.665. The lowest BCUT2D eigenvalue weighted by Crippen LogP contribution is -2.52. The molecule has 0 radical (unpaired) electrons. The minimum absolute atomic E-state index is 0.0650. The maximum Gasteiger partial charge on any atom is 0.242 e. The molecule has 0 bridgehead atoms. The smallest absolute Gasteiger partial charge is 0.242 e. The summed E-state index contributed by atoms with van der Waals surface area (Å²) in [6, 6.07) is 13.3. The molecule has 0 saturated heterocycles. The van der Waals surface area contributed by atoms with E-state index in [0.717, 1.165) is 21.2 Å². The van der Waals surface area contributed by atoms with Crippen molar-refractivity contribution in [2.45, 2.75) is 66.1 Å².